The fraction of sp³-hybridized carbons (Fsp3) is 0.500. The van der Waals surface area contributed by atoms with Gasteiger partial charge >= 0.3 is 11.7 Å². The Morgan fingerprint density at radius 3 is 2.60 bits per heavy atom. The molecule has 110 valence electrons. The third-order valence-electron chi connectivity index (χ3n) is 2.02. The predicted molar refractivity (Wildman–Crippen MR) is 66.8 cm³/mol. The molecule has 20 heavy (non-hydrogen) atoms. The summed E-state index contributed by atoms with van der Waals surface area (Å²) in [5.41, 5.74) is -1.36. The minimum atomic E-state index is -1.11. The van der Waals surface area contributed by atoms with Gasteiger partial charge in [0, 0.05) is 0 Å². The van der Waals surface area contributed by atoms with Gasteiger partial charge in [0.05, 0.1) is 17.2 Å². The minimum Gasteiger partial charge on any atom is -0.458 e. The van der Waals surface area contributed by atoms with Crippen LogP contribution in [0.1, 0.15) is 27.7 Å². The van der Waals surface area contributed by atoms with Crippen LogP contribution in [-0.2, 0) is 9.53 Å². The number of halogens is 1. The lowest BCUT2D eigenvalue weighted by atomic mass is 10.2. The van der Waals surface area contributed by atoms with Crippen LogP contribution in [-0.4, -0.2) is 27.6 Å². The summed E-state index contributed by atoms with van der Waals surface area (Å²) in [6, 6.07) is 0.671. The topological polar surface area (TPSA) is 91.6 Å². The normalized spacial score (nSPS) is 12.7. The van der Waals surface area contributed by atoms with Crippen molar-refractivity contribution in [3.63, 3.8) is 0 Å². The van der Waals surface area contributed by atoms with Crippen LogP contribution in [0.15, 0.2) is 12.3 Å². The van der Waals surface area contributed by atoms with E-state index in [0.717, 1.165) is 6.20 Å². The van der Waals surface area contributed by atoms with E-state index >= 15 is 0 Å². The third-order valence-corrected chi connectivity index (χ3v) is 2.02. The second-order valence-corrected chi connectivity index (χ2v) is 5.03. The lowest BCUT2D eigenvalue weighted by Gasteiger charge is -2.22. The fourth-order valence-corrected chi connectivity index (χ4v) is 1.24. The molecule has 0 aromatic carbocycles. The quantitative estimate of drug-likeness (QED) is 0.479. The molecular weight excluding hydrogens is 271 g/mol. The van der Waals surface area contributed by atoms with Crippen molar-refractivity contribution in [1.82, 2.24) is 4.98 Å². The Bertz CT molecular complexity index is 527. The lowest BCUT2D eigenvalue weighted by Crippen LogP contribution is -2.33. The van der Waals surface area contributed by atoms with Crippen molar-refractivity contribution < 1.29 is 23.6 Å². The summed E-state index contributed by atoms with van der Waals surface area (Å²) in [5.74, 6) is -2.00. The average molecular weight is 286 g/mol. The van der Waals surface area contributed by atoms with E-state index in [9.17, 15) is 19.3 Å². The van der Waals surface area contributed by atoms with E-state index < -0.39 is 40.0 Å². The van der Waals surface area contributed by atoms with E-state index in [0.29, 0.717) is 6.07 Å². The highest BCUT2D eigenvalue weighted by Crippen LogP contribution is 2.25. The molecule has 0 aliphatic carbocycles. The molecule has 0 N–H and O–H groups in total. The van der Waals surface area contributed by atoms with Gasteiger partial charge in [0.15, 0.2) is 6.10 Å². The zero-order chi connectivity index (χ0) is 15.5. The number of pyridine rings is 1. The standard InChI is InChI=1S/C12H15FN2O5/c1-7(11(16)20-12(2,3)4)19-10-9(15(17)18)5-8(13)6-14-10/h5-7H,1-4H3/t7-/m0/s1. The van der Waals surface area contributed by atoms with Gasteiger partial charge in [-0.25, -0.2) is 14.2 Å². The molecule has 1 aromatic heterocycles. The number of hydrogen-bond acceptors (Lipinski definition) is 6. The maximum absolute atomic E-state index is 12.9. The Morgan fingerprint density at radius 1 is 1.50 bits per heavy atom. The van der Waals surface area contributed by atoms with Gasteiger partial charge in [-0.15, -0.1) is 0 Å². The molecule has 1 aromatic rings. The van der Waals surface area contributed by atoms with Crippen LogP contribution in [0, 0.1) is 15.9 Å². The highest BCUT2D eigenvalue weighted by molar-refractivity contribution is 5.75. The highest BCUT2D eigenvalue weighted by Gasteiger charge is 2.27. The van der Waals surface area contributed by atoms with Gasteiger partial charge in [-0.2, -0.15) is 0 Å². The molecular formula is C12H15FN2O5. The SMILES string of the molecule is C[C@H](Oc1ncc(F)cc1[N+](=O)[O-])C(=O)OC(C)(C)C. The summed E-state index contributed by atoms with van der Waals surface area (Å²) in [6.45, 7) is 6.39. The van der Waals surface area contributed by atoms with Gasteiger partial charge in [-0.05, 0) is 27.7 Å². The molecule has 1 rings (SSSR count). The Labute approximate surface area is 114 Å². The number of nitrogens with zero attached hydrogens (tertiary/aromatic N) is 2. The Hall–Kier alpha value is -2.25. The summed E-state index contributed by atoms with van der Waals surface area (Å²) in [4.78, 5) is 25.1. The highest BCUT2D eigenvalue weighted by atomic mass is 19.1. The van der Waals surface area contributed by atoms with Crippen molar-refractivity contribution in [2.45, 2.75) is 39.4 Å². The monoisotopic (exact) mass is 286 g/mol. The number of esters is 1. The van der Waals surface area contributed by atoms with E-state index in [1.807, 2.05) is 0 Å². The third kappa shape index (κ3) is 4.45. The predicted octanol–water partition coefficient (Wildman–Crippen LogP) is 2.24. The fourth-order valence-electron chi connectivity index (χ4n) is 1.24. The molecule has 0 saturated carbocycles. The van der Waals surface area contributed by atoms with Crippen molar-refractivity contribution in [3.05, 3.63) is 28.2 Å². The average Bonchev–Trinajstić information content (AvgIpc) is 2.28. The summed E-state index contributed by atoms with van der Waals surface area (Å²) in [5, 5.41) is 10.8. The first-order valence-corrected chi connectivity index (χ1v) is 5.79. The lowest BCUT2D eigenvalue weighted by molar-refractivity contribution is -0.386. The van der Waals surface area contributed by atoms with Gasteiger partial charge in [0.25, 0.3) is 5.88 Å². The molecule has 0 unspecified atom stereocenters. The van der Waals surface area contributed by atoms with Crippen molar-refractivity contribution in [2.75, 3.05) is 0 Å². The maximum Gasteiger partial charge on any atom is 0.347 e. The van der Waals surface area contributed by atoms with Crippen LogP contribution >= 0.6 is 0 Å². The van der Waals surface area contributed by atoms with Crippen LogP contribution < -0.4 is 4.74 Å². The zero-order valence-electron chi connectivity index (χ0n) is 11.5. The first-order valence-electron chi connectivity index (χ1n) is 5.79. The molecule has 1 heterocycles. The van der Waals surface area contributed by atoms with E-state index in [2.05, 4.69) is 4.98 Å². The van der Waals surface area contributed by atoms with Crippen LogP contribution in [0.4, 0.5) is 10.1 Å². The summed E-state index contributed by atoms with van der Waals surface area (Å²) in [7, 11) is 0. The molecule has 0 aliphatic heterocycles. The maximum atomic E-state index is 12.9. The van der Waals surface area contributed by atoms with Crippen molar-refractivity contribution in [1.29, 1.82) is 0 Å². The van der Waals surface area contributed by atoms with Crippen molar-refractivity contribution in [3.8, 4) is 5.88 Å². The van der Waals surface area contributed by atoms with Crippen molar-refractivity contribution in [2.24, 2.45) is 0 Å². The molecule has 8 heteroatoms. The number of rotatable bonds is 4. The zero-order valence-corrected chi connectivity index (χ0v) is 11.5. The van der Waals surface area contributed by atoms with Crippen LogP contribution in [0.5, 0.6) is 5.88 Å². The van der Waals surface area contributed by atoms with Gasteiger partial charge < -0.3 is 9.47 Å². The summed E-state index contributed by atoms with van der Waals surface area (Å²) < 4.78 is 23.0. The molecule has 7 nitrogen and oxygen atoms in total. The smallest absolute Gasteiger partial charge is 0.347 e. The van der Waals surface area contributed by atoms with Crippen LogP contribution in [0.3, 0.4) is 0 Å². The van der Waals surface area contributed by atoms with Gasteiger partial charge in [-0.1, -0.05) is 0 Å². The number of carbonyl (C=O) groups is 1. The molecule has 0 spiro atoms. The molecule has 0 saturated heterocycles. The van der Waals surface area contributed by atoms with Gasteiger partial charge in [-0.3, -0.25) is 10.1 Å². The minimum absolute atomic E-state index is 0.435. The largest absolute Gasteiger partial charge is 0.458 e. The molecule has 0 amide bonds. The molecule has 1 atom stereocenters. The first kappa shape index (κ1) is 15.8. The van der Waals surface area contributed by atoms with Gasteiger partial charge in [0.1, 0.15) is 11.4 Å². The second kappa shape index (κ2) is 5.81. The number of carbonyl (C=O) groups excluding carboxylic acids is 1. The number of hydrogen-bond donors (Lipinski definition) is 0. The summed E-state index contributed by atoms with van der Waals surface area (Å²) in [6.07, 6.45) is -0.338. The van der Waals surface area contributed by atoms with E-state index in [-0.39, 0.29) is 0 Å². The van der Waals surface area contributed by atoms with Crippen LogP contribution in [0.2, 0.25) is 0 Å². The van der Waals surface area contributed by atoms with E-state index in [4.69, 9.17) is 9.47 Å². The number of nitro groups is 1. The van der Waals surface area contributed by atoms with E-state index in [1.165, 1.54) is 6.92 Å². The summed E-state index contributed by atoms with van der Waals surface area (Å²) >= 11 is 0. The molecule has 0 aliphatic rings. The van der Waals surface area contributed by atoms with Crippen LogP contribution in [0.25, 0.3) is 0 Å². The number of ether oxygens (including phenoxy) is 2. The molecule has 0 bridgehead atoms. The molecule has 0 fully saturated rings. The van der Waals surface area contributed by atoms with Gasteiger partial charge in [0.2, 0.25) is 0 Å². The Kier molecular flexibility index (Phi) is 4.59. The Balaban J connectivity index is 2.88. The van der Waals surface area contributed by atoms with Crippen molar-refractivity contribution >= 4 is 11.7 Å². The Morgan fingerprint density at radius 2 is 2.10 bits per heavy atom. The first-order chi connectivity index (χ1) is 9.10. The van der Waals surface area contributed by atoms with E-state index in [1.54, 1.807) is 20.8 Å². The molecule has 0 radical (unpaired) electrons. The second-order valence-electron chi connectivity index (χ2n) is 5.03. The number of aromatic nitrogens is 1.